The van der Waals surface area contributed by atoms with Gasteiger partial charge in [-0.05, 0) is 25.5 Å². The van der Waals surface area contributed by atoms with Gasteiger partial charge in [-0.25, -0.2) is 0 Å². The Labute approximate surface area is 117 Å². The molecule has 2 rings (SSSR count). The maximum atomic E-state index is 10.9. The molecule has 0 aliphatic heterocycles. The summed E-state index contributed by atoms with van der Waals surface area (Å²) in [4.78, 5) is 14.9. The number of nitrogens with one attached hydrogen (secondary N) is 1. The van der Waals surface area contributed by atoms with Crippen LogP contribution in [-0.2, 0) is 0 Å². The second kappa shape index (κ2) is 5.83. The Balaban J connectivity index is 2.55. The molecule has 1 unspecified atom stereocenters. The Morgan fingerprint density at radius 3 is 2.80 bits per heavy atom. The summed E-state index contributed by atoms with van der Waals surface area (Å²) >= 11 is 0. The van der Waals surface area contributed by atoms with Gasteiger partial charge in [-0.15, -0.1) is 0 Å². The highest BCUT2D eigenvalue weighted by Crippen LogP contribution is 2.27. The van der Waals surface area contributed by atoms with Gasteiger partial charge in [0.05, 0.1) is 10.4 Å². The van der Waals surface area contributed by atoms with Gasteiger partial charge in [0.2, 0.25) is 0 Å². The molecular formula is C14H18N4O2. The van der Waals surface area contributed by atoms with Gasteiger partial charge in [0, 0.05) is 41.5 Å². The van der Waals surface area contributed by atoms with Crippen LogP contribution in [0.3, 0.4) is 0 Å². The van der Waals surface area contributed by atoms with Crippen molar-refractivity contribution in [1.82, 2.24) is 4.98 Å². The van der Waals surface area contributed by atoms with E-state index >= 15 is 0 Å². The Bertz CT molecular complexity index is 638. The van der Waals surface area contributed by atoms with E-state index in [4.69, 9.17) is 5.73 Å². The number of anilines is 1. The number of aryl methyl sites for hydroxylation is 1. The summed E-state index contributed by atoms with van der Waals surface area (Å²) in [6.45, 7) is 4.45. The van der Waals surface area contributed by atoms with Crippen LogP contribution in [-0.4, -0.2) is 22.5 Å². The van der Waals surface area contributed by atoms with Gasteiger partial charge in [-0.3, -0.25) is 15.1 Å². The van der Waals surface area contributed by atoms with Crippen molar-refractivity contribution in [3.05, 3.63) is 40.1 Å². The molecule has 106 valence electrons. The molecule has 0 bridgehead atoms. The molecule has 1 atom stereocenters. The summed E-state index contributed by atoms with van der Waals surface area (Å²) in [5.74, 6) is 0. The van der Waals surface area contributed by atoms with Crippen molar-refractivity contribution in [3.8, 4) is 0 Å². The number of non-ortho nitro benzene ring substituents is 1. The van der Waals surface area contributed by atoms with Crippen LogP contribution in [0.5, 0.6) is 0 Å². The van der Waals surface area contributed by atoms with Crippen LogP contribution in [0.4, 0.5) is 11.4 Å². The molecule has 0 amide bonds. The molecule has 0 radical (unpaired) electrons. The number of fused-ring (bicyclic) bond motifs is 1. The molecule has 2 aromatic rings. The topological polar surface area (TPSA) is 94.1 Å². The first-order valence-corrected chi connectivity index (χ1v) is 6.57. The summed E-state index contributed by atoms with van der Waals surface area (Å²) in [6.07, 6.45) is 0.883. The molecule has 1 heterocycles. The van der Waals surface area contributed by atoms with Gasteiger partial charge in [-0.2, -0.15) is 0 Å². The van der Waals surface area contributed by atoms with Gasteiger partial charge in [0.1, 0.15) is 0 Å². The van der Waals surface area contributed by atoms with Crippen molar-refractivity contribution < 1.29 is 4.92 Å². The van der Waals surface area contributed by atoms with E-state index in [2.05, 4.69) is 10.3 Å². The number of nitrogens with zero attached hydrogens (tertiary/aromatic N) is 2. The van der Waals surface area contributed by atoms with Crippen LogP contribution in [0.15, 0.2) is 24.3 Å². The van der Waals surface area contributed by atoms with Crippen molar-refractivity contribution in [2.24, 2.45) is 5.73 Å². The average molecular weight is 274 g/mol. The summed E-state index contributed by atoms with van der Waals surface area (Å²) in [5.41, 5.74) is 8.21. The number of aromatic nitrogens is 1. The first-order chi connectivity index (χ1) is 9.55. The van der Waals surface area contributed by atoms with Crippen LogP contribution in [0, 0.1) is 17.0 Å². The highest BCUT2D eigenvalue weighted by Gasteiger charge is 2.12. The van der Waals surface area contributed by atoms with E-state index in [1.54, 1.807) is 12.1 Å². The van der Waals surface area contributed by atoms with Gasteiger partial charge in [0.25, 0.3) is 5.69 Å². The fraction of sp³-hybridized carbons (Fsp3) is 0.357. The third kappa shape index (κ3) is 2.85. The number of hydrogen-bond donors (Lipinski definition) is 2. The highest BCUT2D eigenvalue weighted by atomic mass is 16.6. The lowest BCUT2D eigenvalue weighted by molar-refractivity contribution is -0.384. The zero-order valence-electron chi connectivity index (χ0n) is 11.6. The number of rotatable bonds is 5. The molecule has 6 nitrogen and oxygen atoms in total. The van der Waals surface area contributed by atoms with Crippen LogP contribution in [0.2, 0.25) is 0 Å². The van der Waals surface area contributed by atoms with E-state index < -0.39 is 4.92 Å². The SMILES string of the molecule is CCC(CN)Nc1cc(C)nc2ccc([N+](=O)[O-])cc12. The maximum absolute atomic E-state index is 10.9. The van der Waals surface area contributed by atoms with Crippen LogP contribution < -0.4 is 11.1 Å². The van der Waals surface area contributed by atoms with Crippen molar-refractivity contribution in [2.45, 2.75) is 26.3 Å². The van der Waals surface area contributed by atoms with E-state index in [1.165, 1.54) is 6.07 Å². The fourth-order valence-corrected chi connectivity index (χ4v) is 2.13. The second-order valence-corrected chi connectivity index (χ2v) is 4.75. The lowest BCUT2D eigenvalue weighted by Gasteiger charge is -2.18. The smallest absolute Gasteiger partial charge is 0.270 e. The van der Waals surface area contributed by atoms with Crippen LogP contribution in [0.1, 0.15) is 19.0 Å². The minimum absolute atomic E-state index is 0.0620. The molecular weight excluding hydrogens is 256 g/mol. The Hall–Kier alpha value is -2.21. The molecule has 0 spiro atoms. The minimum atomic E-state index is -0.399. The Morgan fingerprint density at radius 1 is 1.45 bits per heavy atom. The highest BCUT2D eigenvalue weighted by molar-refractivity contribution is 5.93. The summed E-state index contributed by atoms with van der Waals surface area (Å²) < 4.78 is 0. The molecule has 0 saturated heterocycles. The van der Waals surface area contributed by atoms with Crippen LogP contribution >= 0.6 is 0 Å². The number of nitrogens with two attached hydrogens (primary N) is 1. The van der Waals surface area contributed by atoms with Crippen molar-refractivity contribution in [3.63, 3.8) is 0 Å². The van der Waals surface area contributed by atoms with Gasteiger partial charge in [0.15, 0.2) is 0 Å². The van der Waals surface area contributed by atoms with Gasteiger partial charge in [-0.1, -0.05) is 6.92 Å². The average Bonchev–Trinajstić information content (AvgIpc) is 2.43. The summed E-state index contributed by atoms with van der Waals surface area (Å²) in [6, 6.07) is 6.73. The third-order valence-corrected chi connectivity index (χ3v) is 3.27. The molecule has 1 aromatic heterocycles. The lowest BCUT2D eigenvalue weighted by Crippen LogP contribution is -2.28. The molecule has 0 saturated carbocycles. The number of pyridine rings is 1. The summed E-state index contributed by atoms with van der Waals surface area (Å²) in [7, 11) is 0. The van der Waals surface area contributed by atoms with Crippen molar-refractivity contribution >= 4 is 22.3 Å². The first kappa shape index (κ1) is 14.2. The zero-order chi connectivity index (χ0) is 14.7. The fourth-order valence-electron chi connectivity index (χ4n) is 2.13. The Kier molecular flexibility index (Phi) is 4.14. The normalized spacial score (nSPS) is 12.3. The van der Waals surface area contributed by atoms with Gasteiger partial charge >= 0.3 is 0 Å². The number of nitro groups is 1. The van der Waals surface area contributed by atoms with Crippen LogP contribution in [0.25, 0.3) is 10.9 Å². The predicted octanol–water partition coefficient (Wildman–Crippen LogP) is 2.60. The van der Waals surface area contributed by atoms with E-state index in [0.717, 1.165) is 28.7 Å². The predicted molar refractivity (Wildman–Crippen MR) is 79.9 cm³/mol. The first-order valence-electron chi connectivity index (χ1n) is 6.57. The maximum Gasteiger partial charge on any atom is 0.270 e. The van der Waals surface area contributed by atoms with Gasteiger partial charge < -0.3 is 11.1 Å². The quantitative estimate of drug-likeness (QED) is 0.645. The summed E-state index contributed by atoms with van der Waals surface area (Å²) in [5, 5.41) is 15.0. The molecule has 3 N–H and O–H groups in total. The number of benzene rings is 1. The minimum Gasteiger partial charge on any atom is -0.380 e. The van der Waals surface area contributed by atoms with E-state index in [0.29, 0.717) is 6.54 Å². The standard InChI is InChI=1S/C14H18N4O2/c1-3-10(8-15)17-14-6-9(2)16-13-5-4-11(18(19)20)7-12(13)14/h4-7,10H,3,8,15H2,1-2H3,(H,16,17). The van der Waals surface area contributed by atoms with E-state index in [9.17, 15) is 10.1 Å². The third-order valence-electron chi connectivity index (χ3n) is 3.27. The lowest BCUT2D eigenvalue weighted by atomic mass is 10.1. The van der Waals surface area contributed by atoms with E-state index in [1.807, 2.05) is 19.9 Å². The molecule has 0 fully saturated rings. The van der Waals surface area contributed by atoms with Crippen molar-refractivity contribution in [1.29, 1.82) is 0 Å². The molecule has 6 heteroatoms. The zero-order valence-corrected chi connectivity index (χ0v) is 11.6. The number of nitro benzene ring substituents is 1. The van der Waals surface area contributed by atoms with E-state index in [-0.39, 0.29) is 11.7 Å². The number of hydrogen-bond acceptors (Lipinski definition) is 5. The second-order valence-electron chi connectivity index (χ2n) is 4.75. The largest absolute Gasteiger partial charge is 0.380 e. The molecule has 0 aliphatic rings. The Morgan fingerprint density at radius 2 is 2.20 bits per heavy atom. The van der Waals surface area contributed by atoms with Crippen molar-refractivity contribution in [2.75, 3.05) is 11.9 Å². The molecule has 1 aromatic carbocycles. The monoisotopic (exact) mass is 274 g/mol. The molecule has 0 aliphatic carbocycles. The molecule has 20 heavy (non-hydrogen) atoms.